The summed E-state index contributed by atoms with van der Waals surface area (Å²) >= 11 is 0. The van der Waals surface area contributed by atoms with Gasteiger partial charge in [-0.05, 0) is 13.0 Å². The van der Waals surface area contributed by atoms with Crippen LogP contribution < -0.4 is 5.32 Å². The summed E-state index contributed by atoms with van der Waals surface area (Å²) in [5.74, 6) is -0.0577. The molecule has 0 bridgehead atoms. The van der Waals surface area contributed by atoms with Gasteiger partial charge in [0.15, 0.2) is 9.84 Å². The molecule has 2 heterocycles. The topological polar surface area (TPSA) is 64.0 Å². The minimum Gasteiger partial charge on any atom is -0.313 e. The number of hydrogen-bond acceptors (Lipinski definition) is 4. The zero-order chi connectivity index (χ0) is 14.0. The van der Waals surface area contributed by atoms with Crippen molar-refractivity contribution < 1.29 is 17.2 Å². The van der Waals surface area contributed by atoms with E-state index >= 15 is 0 Å². The molecule has 1 aliphatic heterocycles. The van der Waals surface area contributed by atoms with Gasteiger partial charge < -0.3 is 5.32 Å². The lowest BCUT2D eigenvalue weighted by molar-refractivity contribution is 0.135. The molecule has 0 aliphatic carbocycles. The molecule has 1 fully saturated rings. The van der Waals surface area contributed by atoms with Gasteiger partial charge in [0, 0.05) is 12.1 Å². The van der Waals surface area contributed by atoms with Crippen molar-refractivity contribution in [3.8, 4) is 0 Å². The third kappa shape index (κ3) is 3.11. The van der Waals surface area contributed by atoms with E-state index in [9.17, 15) is 17.2 Å². The van der Waals surface area contributed by atoms with Crippen molar-refractivity contribution in [3.63, 3.8) is 0 Å². The first-order valence-corrected chi connectivity index (χ1v) is 8.02. The molecule has 1 unspecified atom stereocenters. The quantitative estimate of drug-likeness (QED) is 0.888. The zero-order valence-corrected chi connectivity index (χ0v) is 11.5. The van der Waals surface area contributed by atoms with Gasteiger partial charge in [-0.3, -0.25) is 4.68 Å². The van der Waals surface area contributed by atoms with Gasteiger partial charge in [-0.15, -0.1) is 0 Å². The lowest BCUT2D eigenvalue weighted by Crippen LogP contribution is -2.18. The van der Waals surface area contributed by atoms with Crippen LogP contribution in [0.3, 0.4) is 0 Å². The predicted octanol–water partition coefficient (Wildman–Crippen LogP) is 1.29. The molecule has 5 nitrogen and oxygen atoms in total. The zero-order valence-electron chi connectivity index (χ0n) is 10.6. The molecule has 1 N–H and O–H groups in total. The maximum absolute atomic E-state index is 13.2. The minimum atomic E-state index is -3.12. The maximum Gasteiger partial charge on any atom is 0.280 e. The molecule has 1 aliphatic rings. The van der Waals surface area contributed by atoms with Gasteiger partial charge in [0.05, 0.1) is 23.7 Å². The average molecular weight is 293 g/mol. The van der Waals surface area contributed by atoms with Gasteiger partial charge in [-0.2, -0.15) is 5.10 Å². The molecular formula is C11H17F2N3O2S. The van der Waals surface area contributed by atoms with Crippen LogP contribution in [-0.2, 0) is 16.4 Å². The van der Waals surface area contributed by atoms with Crippen molar-refractivity contribution >= 4 is 9.84 Å². The molecule has 0 radical (unpaired) electrons. The average Bonchev–Trinajstić information content (AvgIpc) is 2.89. The summed E-state index contributed by atoms with van der Waals surface area (Å²) in [6.45, 7) is 2.87. The Balaban J connectivity index is 2.28. The van der Waals surface area contributed by atoms with E-state index in [0.29, 0.717) is 25.1 Å². The molecule has 0 aromatic carbocycles. The number of hydrogen-bond donors (Lipinski definition) is 1. The number of nitrogens with one attached hydrogen (secondary N) is 1. The van der Waals surface area contributed by atoms with Crippen molar-refractivity contribution in [1.29, 1.82) is 0 Å². The highest BCUT2D eigenvalue weighted by atomic mass is 32.2. The van der Waals surface area contributed by atoms with Crippen molar-refractivity contribution in [2.75, 3.05) is 18.1 Å². The van der Waals surface area contributed by atoms with Crippen LogP contribution in [0.25, 0.3) is 0 Å². The minimum absolute atomic E-state index is 0.0444. The van der Waals surface area contributed by atoms with E-state index in [1.807, 2.05) is 6.92 Å². The fourth-order valence-electron chi connectivity index (χ4n) is 2.30. The molecule has 1 aromatic heterocycles. The summed E-state index contributed by atoms with van der Waals surface area (Å²) < 4.78 is 50.4. The van der Waals surface area contributed by atoms with E-state index in [1.165, 1.54) is 10.9 Å². The Morgan fingerprint density at radius 1 is 1.58 bits per heavy atom. The predicted molar refractivity (Wildman–Crippen MR) is 66.9 cm³/mol. The van der Waals surface area contributed by atoms with E-state index in [4.69, 9.17) is 0 Å². The fraction of sp³-hybridized carbons (Fsp3) is 0.727. The van der Waals surface area contributed by atoms with Crippen LogP contribution in [0.5, 0.6) is 0 Å². The van der Waals surface area contributed by atoms with E-state index in [1.54, 1.807) is 0 Å². The third-order valence-corrected chi connectivity index (χ3v) is 4.99. The first kappa shape index (κ1) is 14.4. The summed E-state index contributed by atoms with van der Waals surface area (Å²) in [5.41, 5.74) is 0.268. The van der Waals surface area contributed by atoms with E-state index in [2.05, 4.69) is 10.4 Å². The van der Waals surface area contributed by atoms with Gasteiger partial charge in [0.25, 0.3) is 6.43 Å². The number of alkyl halides is 2. The summed E-state index contributed by atoms with van der Waals surface area (Å²) in [6, 6.07) is -0.468. The number of sulfone groups is 1. The number of halogens is 2. The number of aromatic nitrogens is 2. The molecule has 0 saturated carbocycles. The second kappa shape index (κ2) is 5.54. The van der Waals surface area contributed by atoms with Gasteiger partial charge in [-0.25, -0.2) is 17.2 Å². The van der Waals surface area contributed by atoms with Crippen molar-refractivity contribution in [1.82, 2.24) is 15.1 Å². The van der Waals surface area contributed by atoms with Gasteiger partial charge in [0.2, 0.25) is 0 Å². The van der Waals surface area contributed by atoms with Crippen LogP contribution >= 0.6 is 0 Å². The first-order chi connectivity index (χ1) is 8.94. The molecule has 1 saturated heterocycles. The van der Waals surface area contributed by atoms with Crippen LogP contribution in [0.1, 0.15) is 37.1 Å². The second-order valence-electron chi connectivity index (χ2n) is 4.64. The highest BCUT2D eigenvalue weighted by Crippen LogP contribution is 2.30. The molecule has 0 amide bonds. The van der Waals surface area contributed by atoms with Gasteiger partial charge in [0.1, 0.15) is 5.69 Å². The normalized spacial score (nSPS) is 22.2. The number of nitrogens with zero attached hydrogens (tertiary/aromatic N) is 2. The van der Waals surface area contributed by atoms with Gasteiger partial charge in [-0.1, -0.05) is 6.92 Å². The Bertz CT molecular complexity index is 542. The molecule has 108 valence electrons. The Morgan fingerprint density at radius 2 is 2.32 bits per heavy atom. The van der Waals surface area contributed by atoms with Gasteiger partial charge >= 0.3 is 0 Å². The standard InChI is InChI=1S/C11H17F2N3O2S/c1-2-14-5-8-6-15-16(10(8)11(12)13)9-3-4-19(17,18)7-9/h6,9,11,14H,2-5,7H2,1H3. The smallest absolute Gasteiger partial charge is 0.280 e. The lowest BCUT2D eigenvalue weighted by atomic mass is 10.2. The third-order valence-electron chi connectivity index (χ3n) is 3.24. The van der Waals surface area contributed by atoms with Crippen molar-refractivity contribution in [3.05, 3.63) is 17.5 Å². The van der Waals surface area contributed by atoms with E-state index < -0.39 is 22.3 Å². The number of rotatable bonds is 5. The van der Waals surface area contributed by atoms with Crippen molar-refractivity contribution in [2.24, 2.45) is 0 Å². The first-order valence-electron chi connectivity index (χ1n) is 6.20. The molecular weight excluding hydrogens is 276 g/mol. The maximum atomic E-state index is 13.2. The largest absolute Gasteiger partial charge is 0.313 e. The highest BCUT2D eigenvalue weighted by Gasteiger charge is 2.33. The van der Waals surface area contributed by atoms with Crippen LogP contribution in [0.2, 0.25) is 0 Å². The highest BCUT2D eigenvalue weighted by molar-refractivity contribution is 7.91. The Hall–Kier alpha value is -1.02. The summed E-state index contributed by atoms with van der Waals surface area (Å²) in [7, 11) is -3.12. The van der Waals surface area contributed by atoms with Crippen LogP contribution in [-0.4, -0.2) is 36.2 Å². The molecule has 8 heteroatoms. The molecule has 19 heavy (non-hydrogen) atoms. The monoisotopic (exact) mass is 293 g/mol. The fourth-order valence-corrected chi connectivity index (χ4v) is 3.99. The SMILES string of the molecule is CCNCc1cnn(C2CCS(=O)(=O)C2)c1C(F)F. The molecule has 1 aromatic rings. The molecule has 2 rings (SSSR count). The molecule has 1 atom stereocenters. The van der Waals surface area contributed by atoms with E-state index in [0.717, 1.165) is 0 Å². The van der Waals surface area contributed by atoms with Crippen LogP contribution in [0.4, 0.5) is 8.78 Å². The Morgan fingerprint density at radius 3 is 2.84 bits per heavy atom. The van der Waals surface area contributed by atoms with Crippen LogP contribution in [0.15, 0.2) is 6.20 Å². The van der Waals surface area contributed by atoms with E-state index in [-0.39, 0.29) is 17.2 Å². The summed E-state index contributed by atoms with van der Waals surface area (Å²) in [5, 5.41) is 6.95. The summed E-state index contributed by atoms with van der Waals surface area (Å²) in [6.07, 6.45) is -0.904. The Labute approximate surface area is 110 Å². The van der Waals surface area contributed by atoms with Crippen molar-refractivity contribution in [2.45, 2.75) is 32.4 Å². The van der Waals surface area contributed by atoms with Crippen LogP contribution in [0, 0.1) is 0 Å². The lowest BCUT2D eigenvalue weighted by Gasteiger charge is -2.14. The second-order valence-corrected chi connectivity index (χ2v) is 6.87. The Kier molecular flexibility index (Phi) is 4.19. The summed E-state index contributed by atoms with van der Waals surface area (Å²) in [4.78, 5) is 0. The molecule has 0 spiro atoms.